The molecule has 3 aromatic rings. The molecule has 0 aliphatic carbocycles. The van der Waals surface area contributed by atoms with Crippen LogP contribution in [0.25, 0.3) is 0 Å². The molecule has 2 aromatic carbocycles. The molecule has 0 bridgehead atoms. The lowest BCUT2D eigenvalue weighted by Gasteiger charge is -2.07. The Bertz CT molecular complexity index is 959. The Morgan fingerprint density at radius 2 is 2.00 bits per heavy atom. The average molecular weight is 455 g/mol. The maximum absolute atomic E-state index is 12.5. The Morgan fingerprint density at radius 1 is 1.23 bits per heavy atom. The number of hydrogen-bond acceptors (Lipinski definition) is 3. The lowest BCUT2D eigenvalue weighted by molar-refractivity contribution is 0.102. The van der Waals surface area contributed by atoms with Crippen LogP contribution < -0.4 is 10.1 Å². The molecular formula is C18H14BrCl2N3O2. The van der Waals surface area contributed by atoms with Crippen molar-refractivity contribution in [3.8, 4) is 5.75 Å². The van der Waals surface area contributed by atoms with Crippen LogP contribution in [0.3, 0.4) is 0 Å². The highest BCUT2D eigenvalue weighted by molar-refractivity contribution is 9.10. The summed E-state index contributed by atoms with van der Waals surface area (Å²) < 4.78 is 7.58. The number of amides is 1. The Kier molecular flexibility index (Phi) is 5.86. The predicted molar refractivity (Wildman–Crippen MR) is 106 cm³/mol. The molecule has 0 fully saturated rings. The monoisotopic (exact) mass is 453 g/mol. The van der Waals surface area contributed by atoms with Crippen molar-refractivity contribution in [2.75, 3.05) is 12.4 Å². The van der Waals surface area contributed by atoms with Gasteiger partial charge in [-0.15, -0.1) is 0 Å². The van der Waals surface area contributed by atoms with Gasteiger partial charge in [0.2, 0.25) is 0 Å². The highest BCUT2D eigenvalue weighted by atomic mass is 79.9. The first-order chi connectivity index (χ1) is 12.5. The van der Waals surface area contributed by atoms with E-state index >= 15 is 0 Å². The lowest BCUT2D eigenvalue weighted by atomic mass is 10.2. The lowest BCUT2D eigenvalue weighted by Crippen LogP contribution is -2.14. The van der Waals surface area contributed by atoms with Crippen molar-refractivity contribution >= 4 is 50.9 Å². The van der Waals surface area contributed by atoms with Gasteiger partial charge in [0.1, 0.15) is 5.75 Å². The molecule has 5 nitrogen and oxygen atoms in total. The van der Waals surface area contributed by atoms with Gasteiger partial charge in [-0.25, -0.2) is 0 Å². The van der Waals surface area contributed by atoms with Gasteiger partial charge < -0.3 is 10.1 Å². The van der Waals surface area contributed by atoms with E-state index in [9.17, 15) is 4.79 Å². The maximum Gasteiger partial charge on any atom is 0.260 e. The first kappa shape index (κ1) is 18.8. The zero-order chi connectivity index (χ0) is 18.7. The van der Waals surface area contributed by atoms with E-state index in [0.717, 1.165) is 5.56 Å². The summed E-state index contributed by atoms with van der Waals surface area (Å²) in [7, 11) is 1.52. The number of ether oxygens (including phenoxy) is 1. The molecule has 1 N–H and O–H groups in total. The zero-order valence-electron chi connectivity index (χ0n) is 13.7. The van der Waals surface area contributed by atoms with Gasteiger partial charge in [0.05, 0.1) is 33.7 Å². The largest absolute Gasteiger partial charge is 0.496 e. The van der Waals surface area contributed by atoms with E-state index < -0.39 is 0 Å². The van der Waals surface area contributed by atoms with Gasteiger partial charge in [-0.1, -0.05) is 41.4 Å². The van der Waals surface area contributed by atoms with E-state index in [4.69, 9.17) is 27.9 Å². The second kappa shape index (κ2) is 8.12. The number of methoxy groups -OCH3 is 1. The molecule has 0 saturated heterocycles. The van der Waals surface area contributed by atoms with Crippen LogP contribution in [0.1, 0.15) is 15.9 Å². The predicted octanol–water partition coefficient (Wildman–Crippen LogP) is 5.26. The molecule has 0 atom stereocenters. The minimum atomic E-state index is -0.303. The number of aromatic nitrogens is 2. The van der Waals surface area contributed by atoms with Crippen molar-refractivity contribution in [3.05, 3.63) is 74.3 Å². The number of nitrogens with zero attached hydrogens (tertiary/aromatic N) is 2. The molecule has 0 saturated carbocycles. The van der Waals surface area contributed by atoms with Crippen LogP contribution in [0.4, 0.5) is 5.82 Å². The molecular weight excluding hydrogens is 441 g/mol. The summed E-state index contributed by atoms with van der Waals surface area (Å²) in [5, 5.41) is 8.17. The number of nitrogens with one attached hydrogen (secondary N) is 1. The molecule has 8 heteroatoms. The van der Waals surface area contributed by atoms with Gasteiger partial charge in [0.25, 0.3) is 5.91 Å². The number of benzene rings is 2. The Hall–Kier alpha value is -2.02. The van der Waals surface area contributed by atoms with E-state index in [1.807, 2.05) is 6.07 Å². The fourth-order valence-corrected chi connectivity index (χ4v) is 3.13. The van der Waals surface area contributed by atoms with Crippen molar-refractivity contribution < 1.29 is 9.53 Å². The maximum atomic E-state index is 12.5. The van der Waals surface area contributed by atoms with Crippen molar-refractivity contribution in [2.24, 2.45) is 0 Å². The molecule has 0 aliphatic heterocycles. The van der Waals surface area contributed by atoms with Crippen molar-refractivity contribution in [1.82, 2.24) is 9.78 Å². The number of hydrogen-bond donors (Lipinski definition) is 1. The van der Waals surface area contributed by atoms with E-state index in [1.165, 1.54) is 7.11 Å². The molecule has 3 rings (SSSR count). The molecule has 26 heavy (non-hydrogen) atoms. The summed E-state index contributed by atoms with van der Waals surface area (Å²) in [6.45, 7) is 0.486. The summed E-state index contributed by atoms with van der Waals surface area (Å²) in [6.07, 6.45) is 1.78. The molecule has 1 aromatic heterocycles. The summed E-state index contributed by atoms with van der Waals surface area (Å²) in [6, 6.07) is 12.4. The summed E-state index contributed by atoms with van der Waals surface area (Å²) in [5.74, 6) is 0.611. The molecule has 1 heterocycles. The average Bonchev–Trinajstić information content (AvgIpc) is 2.97. The van der Waals surface area contributed by atoms with Crippen LogP contribution in [0.5, 0.6) is 5.75 Å². The third-order valence-electron chi connectivity index (χ3n) is 3.63. The minimum Gasteiger partial charge on any atom is -0.496 e. The van der Waals surface area contributed by atoms with Crippen molar-refractivity contribution in [3.63, 3.8) is 0 Å². The summed E-state index contributed by atoms with van der Waals surface area (Å²) >= 11 is 15.4. The zero-order valence-corrected chi connectivity index (χ0v) is 16.8. The topological polar surface area (TPSA) is 56.1 Å². The highest BCUT2D eigenvalue weighted by Crippen LogP contribution is 2.26. The van der Waals surface area contributed by atoms with Crippen molar-refractivity contribution in [2.45, 2.75) is 6.54 Å². The minimum absolute atomic E-state index is 0.303. The van der Waals surface area contributed by atoms with Gasteiger partial charge in [0, 0.05) is 6.20 Å². The highest BCUT2D eigenvalue weighted by Gasteiger charge is 2.15. The SMILES string of the molecule is COc1ccccc1C(=O)Nc1nn(Cc2ccc(Cl)c(Cl)c2)cc1Br. The molecule has 134 valence electrons. The molecule has 0 spiro atoms. The fraction of sp³-hybridized carbons (Fsp3) is 0.111. The van der Waals surface area contributed by atoms with Gasteiger partial charge in [0.15, 0.2) is 5.82 Å². The summed E-state index contributed by atoms with van der Waals surface area (Å²) in [4.78, 5) is 12.5. The van der Waals surface area contributed by atoms with Crippen LogP contribution in [0, 0.1) is 0 Å². The number of carbonyl (C=O) groups excluding carboxylic acids is 1. The number of rotatable bonds is 5. The first-order valence-corrected chi connectivity index (χ1v) is 9.14. The first-order valence-electron chi connectivity index (χ1n) is 7.59. The molecule has 0 aliphatic rings. The van der Waals surface area contributed by atoms with E-state index in [0.29, 0.717) is 38.2 Å². The third-order valence-corrected chi connectivity index (χ3v) is 4.95. The van der Waals surface area contributed by atoms with Gasteiger partial charge in [-0.05, 0) is 45.8 Å². The third kappa shape index (κ3) is 4.20. The Morgan fingerprint density at radius 3 is 2.73 bits per heavy atom. The normalized spacial score (nSPS) is 10.6. The van der Waals surface area contributed by atoms with Crippen LogP contribution in [0.2, 0.25) is 10.0 Å². The van der Waals surface area contributed by atoms with E-state index in [2.05, 4.69) is 26.3 Å². The van der Waals surface area contributed by atoms with Gasteiger partial charge in [-0.2, -0.15) is 5.10 Å². The van der Waals surface area contributed by atoms with Crippen LogP contribution in [-0.2, 0) is 6.54 Å². The second-order valence-corrected chi connectivity index (χ2v) is 7.09. The second-order valence-electron chi connectivity index (χ2n) is 5.43. The Labute approximate surface area is 169 Å². The fourth-order valence-electron chi connectivity index (χ4n) is 2.39. The molecule has 0 radical (unpaired) electrons. The molecule has 1 amide bonds. The smallest absolute Gasteiger partial charge is 0.260 e. The Balaban J connectivity index is 1.77. The standard InChI is InChI=1S/C18H14BrCl2N3O2/c1-26-16-5-3-2-4-12(16)18(25)22-17-13(19)10-24(23-17)9-11-6-7-14(20)15(21)8-11/h2-8,10H,9H2,1H3,(H,22,23,25). The summed E-state index contributed by atoms with van der Waals surface area (Å²) in [5.41, 5.74) is 1.37. The number of anilines is 1. The van der Waals surface area contributed by atoms with E-state index in [1.54, 1.807) is 47.3 Å². The van der Waals surface area contributed by atoms with Crippen LogP contribution in [0.15, 0.2) is 53.1 Å². The number of carbonyl (C=O) groups is 1. The van der Waals surface area contributed by atoms with Gasteiger partial charge in [-0.3, -0.25) is 9.48 Å². The van der Waals surface area contributed by atoms with E-state index in [-0.39, 0.29) is 5.91 Å². The number of halogens is 3. The quantitative estimate of drug-likeness (QED) is 0.571. The number of para-hydroxylation sites is 1. The molecule has 0 unspecified atom stereocenters. The van der Waals surface area contributed by atoms with Crippen molar-refractivity contribution in [1.29, 1.82) is 0 Å². The van der Waals surface area contributed by atoms with Crippen LogP contribution in [-0.4, -0.2) is 22.8 Å². The van der Waals surface area contributed by atoms with Gasteiger partial charge >= 0.3 is 0 Å². The van der Waals surface area contributed by atoms with Crippen LogP contribution >= 0.6 is 39.1 Å².